The largest absolute Gasteiger partial charge is 0.365 e. The maximum Gasteiger partial charge on any atom is 0.293 e. The zero-order chi connectivity index (χ0) is 14.7. The number of nitrogens with zero attached hydrogens (tertiary/aromatic N) is 2. The van der Waals surface area contributed by atoms with Crippen LogP contribution in [0.15, 0.2) is 16.6 Å². The van der Waals surface area contributed by atoms with Crippen LogP contribution in [0.5, 0.6) is 0 Å². The third-order valence-electron chi connectivity index (χ3n) is 3.54. The van der Waals surface area contributed by atoms with E-state index in [-0.39, 0.29) is 10.2 Å². The average Bonchev–Trinajstić information content (AvgIpc) is 2.91. The van der Waals surface area contributed by atoms with Crippen LogP contribution >= 0.6 is 15.9 Å². The van der Waals surface area contributed by atoms with E-state index in [1.807, 2.05) is 11.8 Å². The first-order valence-corrected chi connectivity index (χ1v) is 7.44. The molecule has 1 aliphatic heterocycles. The van der Waals surface area contributed by atoms with Gasteiger partial charge in [-0.25, -0.2) is 4.39 Å². The van der Waals surface area contributed by atoms with Gasteiger partial charge in [0.25, 0.3) is 5.69 Å². The van der Waals surface area contributed by atoms with Gasteiger partial charge in [0, 0.05) is 31.3 Å². The molecule has 7 heteroatoms. The smallest absolute Gasteiger partial charge is 0.293 e. The summed E-state index contributed by atoms with van der Waals surface area (Å²) in [6.07, 6.45) is 2.16. The van der Waals surface area contributed by atoms with Gasteiger partial charge >= 0.3 is 0 Å². The van der Waals surface area contributed by atoms with E-state index in [9.17, 15) is 14.5 Å². The number of benzene rings is 1. The van der Waals surface area contributed by atoms with Crippen LogP contribution in [0.25, 0.3) is 0 Å². The summed E-state index contributed by atoms with van der Waals surface area (Å²) in [7, 11) is 0. The Bertz CT molecular complexity index is 507. The van der Waals surface area contributed by atoms with E-state index < -0.39 is 10.7 Å². The van der Waals surface area contributed by atoms with Crippen molar-refractivity contribution >= 4 is 27.3 Å². The molecule has 1 aromatic carbocycles. The lowest BCUT2D eigenvalue weighted by Gasteiger charge is -2.26. The number of nitro benzene ring substituents is 1. The maximum absolute atomic E-state index is 13.7. The van der Waals surface area contributed by atoms with E-state index in [0.29, 0.717) is 24.8 Å². The molecule has 0 radical (unpaired) electrons. The van der Waals surface area contributed by atoms with E-state index in [0.717, 1.165) is 19.4 Å². The first kappa shape index (κ1) is 15.2. The van der Waals surface area contributed by atoms with Crippen LogP contribution in [-0.2, 0) is 0 Å². The van der Waals surface area contributed by atoms with Gasteiger partial charge in [-0.2, -0.15) is 0 Å². The van der Waals surface area contributed by atoms with Gasteiger partial charge < -0.3 is 10.2 Å². The number of nitro groups is 1. The van der Waals surface area contributed by atoms with Crippen LogP contribution in [0.1, 0.15) is 19.8 Å². The van der Waals surface area contributed by atoms with Gasteiger partial charge in [0.1, 0.15) is 11.5 Å². The fraction of sp³-hybridized carbons (Fsp3) is 0.538. The summed E-state index contributed by atoms with van der Waals surface area (Å²) in [6.45, 7) is 4.14. The first-order valence-electron chi connectivity index (χ1n) is 6.64. The number of rotatable bonds is 5. The van der Waals surface area contributed by atoms with Gasteiger partial charge in [-0.1, -0.05) is 0 Å². The zero-order valence-corrected chi connectivity index (χ0v) is 12.8. The van der Waals surface area contributed by atoms with Crippen molar-refractivity contribution in [2.24, 2.45) is 0 Å². The Kier molecular flexibility index (Phi) is 4.93. The quantitative estimate of drug-likeness (QED) is 0.658. The summed E-state index contributed by atoms with van der Waals surface area (Å²) in [5, 5.41) is 14.5. The van der Waals surface area contributed by atoms with Gasteiger partial charge in [0.2, 0.25) is 0 Å². The van der Waals surface area contributed by atoms with Gasteiger partial charge in [-0.15, -0.1) is 0 Å². The predicted octanol–water partition coefficient (Wildman–Crippen LogP) is 3.07. The normalized spacial score (nSPS) is 18.2. The highest BCUT2D eigenvalue weighted by atomic mass is 79.9. The second kappa shape index (κ2) is 6.49. The number of nitrogens with one attached hydrogen (secondary N) is 1. The SMILES string of the molecule is CCN(CC1CCCN1)c1cc(F)c(Br)cc1[N+](=O)[O-]. The highest BCUT2D eigenvalue weighted by Gasteiger charge is 2.24. The van der Waals surface area contributed by atoms with E-state index in [4.69, 9.17) is 0 Å². The molecule has 0 aromatic heterocycles. The van der Waals surface area contributed by atoms with Crippen molar-refractivity contribution in [1.82, 2.24) is 5.32 Å². The molecule has 0 saturated carbocycles. The monoisotopic (exact) mass is 345 g/mol. The summed E-state index contributed by atoms with van der Waals surface area (Å²) in [6, 6.07) is 2.78. The third kappa shape index (κ3) is 3.27. The lowest BCUT2D eigenvalue weighted by atomic mass is 10.2. The Morgan fingerprint density at radius 2 is 2.35 bits per heavy atom. The topological polar surface area (TPSA) is 58.4 Å². The molecular weight excluding hydrogens is 329 g/mol. The van der Waals surface area contributed by atoms with E-state index >= 15 is 0 Å². The predicted molar refractivity (Wildman–Crippen MR) is 79.7 cm³/mol. The summed E-state index contributed by atoms with van der Waals surface area (Å²) in [5.74, 6) is -0.483. The fourth-order valence-corrected chi connectivity index (χ4v) is 2.83. The van der Waals surface area contributed by atoms with Crippen molar-refractivity contribution in [2.45, 2.75) is 25.8 Å². The minimum Gasteiger partial charge on any atom is -0.365 e. The molecule has 2 rings (SSSR count). The van der Waals surface area contributed by atoms with Crippen LogP contribution in [0, 0.1) is 15.9 Å². The standard InChI is InChI=1S/C13H17BrFN3O2/c1-2-17(8-9-4-3-5-16-9)12-7-11(15)10(14)6-13(12)18(19)20/h6-7,9,16H,2-5,8H2,1H3. The molecular formula is C13H17BrFN3O2. The molecule has 0 aliphatic carbocycles. The average molecular weight is 346 g/mol. The van der Waals surface area contributed by atoms with Crippen molar-refractivity contribution in [3.8, 4) is 0 Å². The highest BCUT2D eigenvalue weighted by molar-refractivity contribution is 9.10. The molecule has 1 heterocycles. The summed E-state index contributed by atoms with van der Waals surface area (Å²) in [4.78, 5) is 12.6. The minimum atomic E-state index is -0.483. The van der Waals surface area contributed by atoms with Crippen LogP contribution in [0.3, 0.4) is 0 Å². The van der Waals surface area contributed by atoms with Crippen molar-refractivity contribution in [3.63, 3.8) is 0 Å². The Morgan fingerprint density at radius 1 is 1.60 bits per heavy atom. The van der Waals surface area contributed by atoms with E-state index in [1.54, 1.807) is 0 Å². The lowest BCUT2D eigenvalue weighted by molar-refractivity contribution is -0.384. The number of likely N-dealkylation sites (N-methyl/N-ethyl adjacent to an activating group) is 1. The molecule has 0 bridgehead atoms. The molecule has 5 nitrogen and oxygen atoms in total. The van der Waals surface area contributed by atoms with Crippen molar-refractivity contribution in [2.75, 3.05) is 24.5 Å². The van der Waals surface area contributed by atoms with Crippen molar-refractivity contribution < 1.29 is 9.31 Å². The molecule has 1 aliphatic rings. The molecule has 1 atom stereocenters. The molecule has 110 valence electrons. The summed E-state index contributed by atoms with van der Waals surface area (Å²) in [5.41, 5.74) is 0.269. The van der Waals surface area contributed by atoms with Crippen LogP contribution < -0.4 is 10.2 Å². The van der Waals surface area contributed by atoms with E-state index in [2.05, 4.69) is 21.2 Å². The number of hydrogen-bond acceptors (Lipinski definition) is 4. The lowest BCUT2D eigenvalue weighted by Crippen LogP contribution is -2.37. The zero-order valence-electron chi connectivity index (χ0n) is 11.2. The minimum absolute atomic E-state index is 0.0712. The molecule has 0 spiro atoms. The van der Waals surface area contributed by atoms with Gasteiger partial charge in [-0.3, -0.25) is 10.1 Å². The van der Waals surface area contributed by atoms with Crippen LogP contribution in [-0.4, -0.2) is 30.6 Å². The second-order valence-corrected chi connectivity index (χ2v) is 5.70. The fourth-order valence-electron chi connectivity index (χ4n) is 2.50. The molecule has 20 heavy (non-hydrogen) atoms. The maximum atomic E-state index is 13.7. The van der Waals surface area contributed by atoms with Gasteiger partial charge in [-0.05, 0) is 42.2 Å². The number of hydrogen-bond donors (Lipinski definition) is 1. The summed E-state index contributed by atoms with van der Waals surface area (Å²) < 4.78 is 13.8. The molecule has 1 aromatic rings. The Morgan fingerprint density at radius 3 is 2.90 bits per heavy atom. The van der Waals surface area contributed by atoms with Gasteiger partial charge in [0.15, 0.2) is 0 Å². The Labute approximate surface area is 125 Å². The van der Waals surface area contributed by atoms with Gasteiger partial charge in [0.05, 0.1) is 9.40 Å². The van der Waals surface area contributed by atoms with Crippen LogP contribution in [0.2, 0.25) is 0 Å². The third-order valence-corrected chi connectivity index (χ3v) is 4.15. The molecule has 0 amide bonds. The summed E-state index contributed by atoms with van der Waals surface area (Å²) >= 11 is 3.00. The number of anilines is 1. The highest BCUT2D eigenvalue weighted by Crippen LogP contribution is 2.33. The van der Waals surface area contributed by atoms with E-state index in [1.165, 1.54) is 12.1 Å². The molecule has 1 unspecified atom stereocenters. The first-order chi connectivity index (χ1) is 9.52. The second-order valence-electron chi connectivity index (χ2n) is 4.84. The molecule has 1 saturated heterocycles. The van der Waals surface area contributed by atoms with Crippen molar-refractivity contribution in [3.05, 3.63) is 32.5 Å². The molecule has 1 fully saturated rings. The Hall–Kier alpha value is -1.21. The van der Waals surface area contributed by atoms with Crippen molar-refractivity contribution in [1.29, 1.82) is 0 Å². The van der Waals surface area contributed by atoms with Crippen LogP contribution in [0.4, 0.5) is 15.8 Å². The number of halogens is 2. The molecule has 1 N–H and O–H groups in total. The Balaban J connectivity index is 2.31.